The van der Waals surface area contributed by atoms with Crippen LogP contribution in [0.25, 0.3) is 0 Å². The second kappa shape index (κ2) is 6.73. The molecule has 2 atom stereocenters. The van der Waals surface area contributed by atoms with Crippen molar-refractivity contribution in [1.82, 2.24) is 4.90 Å². The summed E-state index contributed by atoms with van der Waals surface area (Å²) in [5.74, 6) is 0.499. The Morgan fingerprint density at radius 2 is 1.60 bits per heavy atom. The van der Waals surface area contributed by atoms with Crippen molar-refractivity contribution < 1.29 is 5.11 Å². The molecule has 1 fully saturated rings. The lowest BCUT2D eigenvalue weighted by Crippen LogP contribution is -2.36. The van der Waals surface area contributed by atoms with Crippen LogP contribution in [0.3, 0.4) is 0 Å². The monoisotopic (exact) mass is 273 g/mol. The van der Waals surface area contributed by atoms with E-state index < -0.39 is 0 Å². The van der Waals surface area contributed by atoms with Crippen molar-refractivity contribution in [3.05, 3.63) is 35.4 Å². The lowest BCUT2D eigenvalue weighted by molar-refractivity contribution is 0.0744. The summed E-state index contributed by atoms with van der Waals surface area (Å²) in [5.41, 5.74) is 3.05. The van der Waals surface area contributed by atoms with Gasteiger partial charge in [-0.3, -0.25) is 0 Å². The van der Waals surface area contributed by atoms with Crippen LogP contribution in [0, 0.1) is 5.92 Å². The largest absolute Gasteiger partial charge is 0.393 e. The Morgan fingerprint density at radius 3 is 2.30 bits per heavy atom. The first-order chi connectivity index (χ1) is 9.83. The van der Waals surface area contributed by atoms with E-state index in [9.17, 15) is 5.11 Å². The summed E-state index contributed by atoms with van der Waals surface area (Å²) in [4.78, 5) is 2.58. The zero-order valence-electron chi connectivity index (χ0n) is 12.4. The van der Waals surface area contributed by atoms with E-state index in [1.807, 2.05) is 0 Å². The van der Waals surface area contributed by atoms with Gasteiger partial charge in [-0.25, -0.2) is 0 Å². The predicted molar refractivity (Wildman–Crippen MR) is 82.9 cm³/mol. The minimum absolute atomic E-state index is 0.0665. The van der Waals surface area contributed by atoms with E-state index in [0.717, 1.165) is 26.1 Å². The highest BCUT2D eigenvalue weighted by Gasteiger charge is 2.24. The fraction of sp³-hybridized carbons (Fsp3) is 0.667. The van der Waals surface area contributed by atoms with Crippen LogP contribution in [-0.2, 0) is 12.8 Å². The van der Waals surface area contributed by atoms with Crippen molar-refractivity contribution in [3.8, 4) is 0 Å². The normalized spacial score (nSPS) is 28.4. The minimum atomic E-state index is -0.0665. The number of hydrogen-bond acceptors (Lipinski definition) is 2. The molecule has 0 aromatic heterocycles. The number of rotatable bonds is 2. The van der Waals surface area contributed by atoms with E-state index in [4.69, 9.17) is 0 Å². The van der Waals surface area contributed by atoms with Gasteiger partial charge in [-0.05, 0) is 42.7 Å². The highest BCUT2D eigenvalue weighted by molar-refractivity contribution is 5.28. The molecule has 0 saturated heterocycles. The van der Waals surface area contributed by atoms with E-state index in [-0.39, 0.29) is 6.10 Å². The number of nitrogens with zero attached hydrogens (tertiary/aromatic N) is 1. The van der Waals surface area contributed by atoms with Gasteiger partial charge in [-0.1, -0.05) is 43.5 Å². The van der Waals surface area contributed by atoms with Gasteiger partial charge in [0.25, 0.3) is 0 Å². The van der Waals surface area contributed by atoms with Gasteiger partial charge in [0, 0.05) is 19.6 Å². The minimum Gasteiger partial charge on any atom is -0.393 e. The maximum atomic E-state index is 10.3. The first kappa shape index (κ1) is 14.1. The summed E-state index contributed by atoms with van der Waals surface area (Å²) >= 11 is 0. The molecule has 1 aromatic rings. The summed E-state index contributed by atoms with van der Waals surface area (Å²) in [7, 11) is 0. The van der Waals surface area contributed by atoms with Gasteiger partial charge in [-0.15, -0.1) is 0 Å². The maximum Gasteiger partial charge on any atom is 0.0580 e. The van der Waals surface area contributed by atoms with Crippen LogP contribution >= 0.6 is 0 Å². The lowest BCUT2D eigenvalue weighted by atomic mass is 9.96. The highest BCUT2D eigenvalue weighted by atomic mass is 16.3. The molecule has 0 radical (unpaired) electrons. The van der Waals surface area contributed by atoms with Gasteiger partial charge in [0.1, 0.15) is 0 Å². The zero-order valence-corrected chi connectivity index (χ0v) is 12.4. The molecule has 0 spiro atoms. The first-order valence-electron chi connectivity index (χ1n) is 8.30. The molecule has 0 bridgehead atoms. The number of benzene rings is 1. The molecule has 1 saturated carbocycles. The van der Waals surface area contributed by atoms with E-state index in [1.165, 1.54) is 49.7 Å². The van der Waals surface area contributed by atoms with E-state index in [1.54, 1.807) is 0 Å². The highest BCUT2D eigenvalue weighted by Crippen LogP contribution is 2.25. The van der Waals surface area contributed by atoms with Gasteiger partial charge in [0.15, 0.2) is 0 Å². The number of hydrogen-bond donors (Lipinski definition) is 1. The third kappa shape index (κ3) is 3.42. The van der Waals surface area contributed by atoms with E-state index in [2.05, 4.69) is 29.2 Å². The topological polar surface area (TPSA) is 23.5 Å². The van der Waals surface area contributed by atoms with Crippen LogP contribution in [0.15, 0.2) is 24.3 Å². The standard InChI is InChI=1S/C18H27NO/c20-18-9-3-1-2-8-17(18)14-19-12-10-15-6-4-5-7-16(15)11-13-19/h4-7,17-18,20H,1-3,8-14H2. The van der Waals surface area contributed by atoms with Gasteiger partial charge in [-0.2, -0.15) is 0 Å². The quantitative estimate of drug-likeness (QED) is 0.837. The Balaban J connectivity index is 1.59. The first-order valence-corrected chi connectivity index (χ1v) is 8.30. The molecule has 2 aliphatic rings. The van der Waals surface area contributed by atoms with Crippen LogP contribution in [0.4, 0.5) is 0 Å². The predicted octanol–water partition coefficient (Wildman–Crippen LogP) is 3.03. The molecule has 1 heterocycles. The molecular formula is C18H27NO. The molecule has 2 unspecified atom stereocenters. The number of aliphatic hydroxyl groups excluding tert-OH is 1. The van der Waals surface area contributed by atoms with Crippen molar-refractivity contribution in [2.24, 2.45) is 5.92 Å². The molecule has 1 aliphatic heterocycles. The van der Waals surface area contributed by atoms with Crippen molar-refractivity contribution >= 4 is 0 Å². The second-order valence-electron chi connectivity index (χ2n) is 6.53. The van der Waals surface area contributed by atoms with Gasteiger partial charge >= 0.3 is 0 Å². The Kier molecular flexibility index (Phi) is 4.74. The van der Waals surface area contributed by atoms with Crippen LogP contribution in [-0.4, -0.2) is 35.7 Å². The molecule has 20 heavy (non-hydrogen) atoms. The average molecular weight is 273 g/mol. The smallest absolute Gasteiger partial charge is 0.0580 e. The Hall–Kier alpha value is -0.860. The molecule has 2 heteroatoms. The summed E-state index contributed by atoms with van der Waals surface area (Å²) in [5, 5.41) is 10.3. The Labute approximate surface area is 122 Å². The Morgan fingerprint density at radius 1 is 0.950 bits per heavy atom. The van der Waals surface area contributed by atoms with Gasteiger partial charge < -0.3 is 10.0 Å². The van der Waals surface area contributed by atoms with E-state index >= 15 is 0 Å². The van der Waals surface area contributed by atoms with Crippen LogP contribution < -0.4 is 0 Å². The van der Waals surface area contributed by atoms with Crippen molar-refractivity contribution in [3.63, 3.8) is 0 Å². The molecule has 0 amide bonds. The molecule has 1 N–H and O–H groups in total. The third-order valence-corrected chi connectivity index (χ3v) is 5.12. The fourth-order valence-electron chi connectivity index (χ4n) is 3.81. The summed E-state index contributed by atoms with van der Waals surface area (Å²) in [6, 6.07) is 8.87. The molecule has 3 rings (SSSR count). The van der Waals surface area contributed by atoms with Crippen LogP contribution in [0.5, 0.6) is 0 Å². The molecule has 110 valence electrons. The summed E-state index contributed by atoms with van der Waals surface area (Å²) in [6.45, 7) is 3.40. The van der Waals surface area contributed by atoms with Crippen molar-refractivity contribution in [2.45, 2.75) is 51.0 Å². The van der Waals surface area contributed by atoms with Crippen LogP contribution in [0.1, 0.15) is 43.2 Å². The SMILES string of the molecule is OC1CCCCCC1CN1CCc2ccccc2CC1. The fourth-order valence-corrected chi connectivity index (χ4v) is 3.81. The molecule has 1 aliphatic carbocycles. The van der Waals surface area contributed by atoms with Crippen LogP contribution in [0.2, 0.25) is 0 Å². The second-order valence-corrected chi connectivity index (χ2v) is 6.53. The summed E-state index contributed by atoms with van der Waals surface area (Å²) < 4.78 is 0. The van der Waals surface area contributed by atoms with Gasteiger partial charge in [0.05, 0.1) is 6.10 Å². The third-order valence-electron chi connectivity index (χ3n) is 5.12. The number of aliphatic hydroxyl groups is 1. The average Bonchev–Trinajstić information content (AvgIpc) is 2.79. The van der Waals surface area contributed by atoms with Crippen molar-refractivity contribution in [1.29, 1.82) is 0 Å². The number of fused-ring (bicyclic) bond motifs is 1. The molecule has 2 nitrogen and oxygen atoms in total. The zero-order chi connectivity index (χ0) is 13.8. The maximum absolute atomic E-state index is 10.3. The Bertz CT molecular complexity index is 404. The van der Waals surface area contributed by atoms with E-state index in [0.29, 0.717) is 5.92 Å². The summed E-state index contributed by atoms with van der Waals surface area (Å²) in [6.07, 6.45) is 8.31. The lowest BCUT2D eigenvalue weighted by Gasteiger charge is -2.28. The van der Waals surface area contributed by atoms with Crippen molar-refractivity contribution in [2.75, 3.05) is 19.6 Å². The molecular weight excluding hydrogens is 246 g/mol. The molecule has 1 aromatic carbocycles. The van der Waals surface area contributed by atoms with Gasteiger partial charge in [0.2, 0.25) is 0 Å².